The summed E-state index contributed by atoms with van der Waals surface area (Å²) in [6.45, 7) is 4.46. The lowest BCUT2D eigenvalue weighted by atomic mass is 10.1. The average molecular weight is 380 g/mol. The van der Waals surface area contributed by atoms with E-state index in [0.717, 1.165) is 43.7 Å². The van der Waals surface area contributed by atoms with E-state index >= 15 is 0 Å². The summed E-state index contributed by atoms with van der Waals surface area (Å²) in [5.74, 6) is -0.674. The molecule has 1 aromatic carbocycles. The first-order chi connectivity index (χ1) is 13.6. The third-order valence-corrected chi connectivity index (χ3v) is 5.11. The first-order valence-electron chi connectivity index (χ1n) is 9.60. The van der Waals surface area contributed by atoms with E-state index in [0.29, 0.717) is 11.1 Å². The number of likely N-dealkylation sites (tertiary alicyclic amines) is 1. The molecule has 4 rings (SSSR count). The number of pyridine rings is 1. The summed E-state index contributed by atoms with van der Waals surface area (Å²) < 4.78 is 6.64. The van der Waals surface area contributed by atoms with Crippen molar-refractivity contribution in [2.45, 2.75) is 38.9 Å². The fourth-order valence-electron chi connectivity index (χ4n) is 3.78. The van der Waals surface area contributed by atoms with Gasteiger partial charge in [0.15, 0.2) is 5.58 Å². The highest BCUT2D eigenvalue weighted by Crippen LogP contribution is 2.15. The van der Waals surface area contributed by atoms with E-state index in [2.05, 4.69) is 15.2 Å². The Morgan fingerprint density at radius 3 is 3.04 bits per heavy atom. The van der Waals surface area contributed by atoms with Crippen LogP contribution in [-0.4, -0.2) is 39.5 Å². The molecule has 0 spiro atoms. The number of amides is 1. The molecule has 1 aliphatic heterocycles. The summed E-state index contributed by atoms with van der Waals surface area (Å²) >= 11 is 0. The first-order valence-corrected chi connectivity index (χ1v) is 9.60. The number of hydrogen-bond donors (Lipinski definition) is 1. The lowest BCUT2D eigenvalue weighted by Crippen LogP contribution is -2.48. The number of nitrogens with zero attached hydrogens (tertiary/aromatic N) is 3. The van der Waals surface area contributed by atoms with Gasteiger partial charge in [0, 0.05) is 25.3 Å². The Morgan fingerprint density at radius 2 is 2.21 bits per heavy atom. The maximum Gasteiger partial charge on any atom is 0.420 e. The van der Waals surface area contributed by atoms with Gasteiger partial charge in [0.1, 0.15) is 6.54 Å². The van der Waals surface area contributed by atoms with Crippen LogP contribution in [0.1, 0.15) is 24.1 Å². The Morgan fingerprint density at radius 1 is 1.32 bits per heavy atom. The van der Waals surface area contributed by atoms with E-state index < -0.39 is 5.76 Å². The third-order valence-electron chi connectivity index (χ3n) is 5.11. The SMILES string of the molecule is Cc1ccc2oc(=O)n(CC(=O)N[C@H]3CCCN(Cc4ccccn4)C3)c2c1. The van der Waals surface area contributed by atoms with E-state index in [-0.39, 0.29) is 18.5 Å². The number of fused-ring (bicyclic) bond motifs is 1. The molecule has 1 fully saturated rings. The number of rotatable bonds is 5. The summed E-state index contributed by atoms with van der Waals surface area (Å²) in [5.41, 5.74) is 3.20. The molecule has 28 heavy (non-hydrogen) atoms. The molecular weight excluding hydrogens is 356 g/mol. The van der Waals surface area contributed by atoms with Crippen LogP contribution in [0.5, 0.6) is 0 Å². The van der Waals surface area contributed by atoms with Gasteiger partial charge in [-0.1, -0.05) is 12.1 Å². The number of carbonyl (C=O) groups is 1. The molecule has 1 aliphatic rings. The summed E-state index contributed by atoms with van der Waals surface area (Å²) in [6, 6.07) is 11.5. The summed E-state index contributed by atoms with van der Waals surface area (Å²) in [6.07, 6.45) is 3.75. The smallest absolute Gasteiger partial charge is 0.408 e. The molecule has 0 radical (unpaired) electrons. The number of benzene rings is 1. The number of aryl methyl sites for hydroxylation is 1. The van der Waals surface area contributed by atoms with Crippen molar-refractivity contribution in [3.63, 3.8) is 0 Å². The van der Waals surface area contributed by atoms with E-state index in [1.54, 1.807) is 12.3 Å². The Bertz CT molecular complexity index is 1030. The highest BCUT2D eigenvalue weighted by Gasteiger charge is 2.22. The summed E-state index contributed by atoms with van der Waals surface area (Å²) in [7, 11) is 0. The first kappa shape index (κ1) is 18.4. The predicted octanol–water partition coefficient (Wildman–Crippen LogP) is 2.08. The van der Waals surface area contributed by atoms with Gasteiger partial charge in [0.05, 0.1) is 11.2 Å². The topological polar surface area (TPSA) is 80.4 Å². The van der Waals surface area contributed by atoms with Crippen LogP contribution in [0.2, 0.25) is 0 Å². The van der Waals surface area contributed by atoms with Crippen molar-refractivity contribution in [1.82, 2.24) is 19.8 Å². The Labute approximate surface area is 163 Å². The molecule has 2 aromatic heterocycles. The van der Waals surface area contributed by atoms with Gasteiger partial charge in [0.25, 0.3) is 0 Å². The van der Waals surface area contributed by atoms with E-state index in [4.69, 9.17) is 4.42 Å². The number of oxazole rings is 1. The van der Waals surface area contributed by atoms with Gasteiger partial charge in [-0.05, 0) is 56.1 Å². The fraction of sp³-hybridized carbons (Fsp3) is 0.381. The monoisotopic (exact) mass is 380 g/mol. The Kier molecular flexibility index (Phi) is 5.25. The van der Waals surface area contributed by atoms with Crippen LogP contribution in [0.4, 0.5) is 0 Å². The second-order valence-corrected chi connectivity index (χ2v) is 7.39. The zero-order chi connectivity index (χ0) is 19.5. The molecule has 0 unspecified atom stereocenters. The van der Waals surface area contributed by atoms with Gasteiger partial charge in [-0.3, -0.25) is 19.2 Å². The van der Waals surface area contributed by atoms with Gasteiger partial charge >= 0.3 is 5.76 Å². The van der Waals surface area contributed by atoms with Crippen molar-refractivity contribution < 1.29 is 9.21 Å². The molecule has 1 atom stereocenters. The Hall–Kier alpha value is -2.93. The molecular formula is C21H24N4O3. The van der Waals surface area contributed by atoms with Gasteiger partial charge in [-0.25, -0.2) is 4.79 Å². The third kappa shape index (κ3) is 4.14. The molecule has 3 aromatic rings. The average Bonchev–Trinajstić information content (AvgIpc) is 2.98. The molecule has 7 heteroatoms. The zero-order valence-electron chi connectivity index (χ0n) is 15.9. The molecule has 146 valence electrons. The number of carbonyl (C=O) groups excluding carboxylic acids is 1. The minimum atomic E-state index is -0.504. The lowest BCUT2D eigenvalue weighted by molar-refractivity contribution is -0.122. The van der Waals surface area contributed by atoms with Crippen molar-refractivity contribution in [3.8, 4) is 0 Å². The lowest BCUT2D eigenvalue weighted by Gasteiger charge is -2.32. The van der Waals surface area contributed by atoms with Gasteiger partial charge < -0.3 is 9.73 Å². The van der Waals surface area contributed by atoms with Gasteiger partial charge in [0.2, 0.25) is 5.91 Å². The van der Waals surface area contributed by atoms with Crippen LogP contribution in [0, 0.1) is 6.92 Å². The summed E-state index contributed by atoms with van der Waals surface area (Å²) in [4.78, 5) is 31.4. The van der Waals surface area contributed by atoms with Gasteiger partial charge in [-0.2, -0.15) is 0 Å². The number of hydrogen-bond acceptors (Lipinski definition) is 5. The molecule has 0 aliphatic carbocycles. The van der Waals surface area contributed by atoms with E-state index in [1.165, 1.54) is 4.57 Å². The quantitative estimate of drug-likeness (QED) is 0.733. The van der Waals surface area contributed by atoms with Crippen molar-refractivity contribution in [1.29, 1.82) is 0 Å². The number of nitrogens with one attached hydrogen (secondary N) is 1. The van der Waals surface area contributed by atoms with E-state index in [1.807, 2.05) is 37.3 Å². The van der Waals surface area contributed by atoms with Crippen LogP contribution in [0.15, 0.2) is 51.8 Å². The van der Waals surface area contributed by atoms with Crippen molar-refractivity contribution in [2.75, 3.05) is 13.1 Å². The van der Waals surface area contributed by atoms with Crippen molar-refractivity contribution in [2.24, 2.45) is 0 Å². The maximum absolute atomic E-state index is 12.6. The largest absolute Gasteiger partial charge is 0.420 e. The zero-order valence-corrected chi connectivity index (χ0v) is 15.9. The minimum Gasteiger partial charge on any atom is -0.408 e. The van der Waals surface area contributed by atoms with Crippen molar-refractivity contribution >= 4 is 17.0 Å². The molecule has 0 bridgehead atoms. The van der Waals surface area contributed by atoms with Crippen LogP contribution in [0.25, 0.3) is 11.1 Å². The molecule has 7 nitrogen and oxygen atoms in total. The van der Waals surface area contributed by atoms with E-state index in [9.17, 15) is 9.59 Å². The number of piperidine rings is 1. The fourth-order valence-corrected chi connectivity index (χ4v) is 3.78. The number of aromatic nitrogens is 2. The van der Waals surface area contributed by atoms with Crippen LogP contribution < -0.4 is 11.1 Å². The predicted molar refractivity (Wildman–Crippen MR) is 106 cm³/mol. The molecule has 1 saturated heterocycles. The van der Waals surface area contributed by atoms with Crippen molar-refractivity contribution in [3.05, 3.63) is 64.4 Å². The van der Waals surface area contributed by atoms with Crippen LogP contribution in [-0.2, 0) is 17.9 Å². The normalized spacial score (nSPS) is 17.7. The van der Waals surface area contributed by atoms with Crippen LogP contribution in [0.3, 0.4) is 0 Å². The molecule has 3 heterocycles. The van der Waals surface area contributed by atoms with Crippen LogP contribution >= 0.6 is 0 Å². The second-order valence-electron chi connectivity index (χ2n) is 7.39. The standard InChI is InChI=1S/C21H24N4O3/c1-15-7-8-19-18(11-15)25(21(27)28-19)14-20(26)23-17-6-4-10-24(13-17)12-16-5-2-3-9-22-16/h2-3,5,7-9,11,17H,4,6,10,12-14H2,1H3,(H,23,26)/t17-/m0/s1. The maximum atomic E-state index is 12.6. The minimum absolute atomic E-state index is 0.0357. The highest BCUT2D eigenvalue weighted by molar-refractivity contribution is 5.80. The molecule has 0 saturated carbocycles. The van der Waals surface area contributed by atoms with Gasteiger partial charge in [-0.15, -0.1) is 0 Å². The molecule has 1 amide bonds. The summed E-state index contributed by atoms with van der Waals surface area (Å²) in [5, 5.41) is 3.08. The Balaban J connectivity index is 1.39. The second kappa shape index (κ2) is 7.98. The molecule has 1 N–H and O–H groups in total. The highest BCUT2D eigenvalue weighted by atomic mass is 16.4.